The van der Waals surface area contributed by atoms with Crippen LogP contribution in [-0.4, -0.2) is 14.2 Å². The van der Waals surface area contributed by atoms with E-state index in [1.807, 2.05) is 30.3 Å². The van der Waals surface area contributed by atoms with Crippen molar-refractivity contribution in [3.63, 3.8) is 0 Å². The number of fused-ring (bicyclic) bond motifs is 1. The average Bonchev–Trinajstić information content (AvgIpc) is 2.71. The molecule has 1 heterocycles. The third-order valence-electron chi connectivity index (χ3n) is 3.80. The second kappa shape index (κ2) is 5.06. The molecule has 1 atom stereocenters. The molecule has 108 valence electrons. The van der Waals surface area contributed by atoms with Crippen molar-refractivity contribution in [3.8, 4) is 0 Å². The molecule has 3 aromatic rings. The van der Waals surface area contributed by atoms with Crippen molar-refractivity contribution in [1.29, 1.82) is 0 Å². The monoisotopic (exact) mass is 302 g/mol. The summed E-state index contributed by atoms with van der Waals surface area (Å²) in [5, 5.41) is 11.0. The molecule has 21 heavy (non-hydrogen) atoms. The van der Waals surface area contributed by atoms with Gasteiger partial charge >= 0.3 is 5.69 Å². The number of halogens is 1. The van der Waals surface area contributed by atoms with Gasteiger partial charge in [0.05, 0.1) is 11.0 Å². The van der Waals surface area contributed by atoms with E-state index in [4.69, 9.17) is 11.6 Å². The number of aliphatic hydroxyl groups excluding tert-OH is 1. The summed E-state index contributed by atoms with van der Waals surface area (Å²) in [4.78, 5) is 12.0. The fraction of sp³-hybridized carbons (Fsp3) is 0.188. The van der Waals surface area contributed by atoms with Crippen LogP contribution in [0.4, 0.5) is 0 Å². The minimum Gasteiger partial charge on any atom is -0.384 e. The molecular formula is C16H15ClN2O2. The molecule has 0 fully saturated rings. The van der Waals surface area contributed by atoms with Crippen LogP contribution in [0.3, 0.4) is 0 Å². The molecule has 0 aliphatic rings. The van der Waals surface area contributed by atoms with Crippen molar-refractivity contribution in [3.05, 3.63) is 69.1 Å². The highest BCUT2D eigenvalue weighted by atomic mass is 35.5. The molecule has 3 rings (SSSR count). The first-order valence-corrected chi connectivity index (χ1v) is 6.96. The molecule has 4 nitrogen and oxygen atoms in total. The van der Waals surface area contributed by atoms with E-state index in [0.29, 0.717) is 10.6 Å². The Hall–Kier alpha value is -2.04. The molecule has 0 saturated carbocycles. The fourth-order valence-electron chi connectivity index (χ4n) is 2.56. The highest BCUT2D eigenvalue weighted by Gasteiger charge is 2.17. The molecule has 2 aromatic carbocycles. The maximum absolute atomic E-state index is 12.0. The van der Waals surface area contributed by atoms with Crippen molar-refractivity contribution < 1.29 is 5.11 Å². The summed E-state index contributed by atoms with van der Waals surface area (Å²) in [6.07, 6.45) is -0.821. The van der Waals surface area contributed by atoms with E-state index >= 15 is 0 Å². The van der Waals surface area contributed by atoms with E-state index in [1.165, 1.54) is 0 Å². The van der Waals surface area contributed by atoms with Gasteiger partial charge in [0.25, 0.3) is 0 Å². The summed E-state index contributed by atoms with van der Waals surface area (Å²) in [6.45, 7) is 0. The van der Waals surface area contributed by atoms with Crippen molar-refractivity contribution in [2.45, 2.75) is 6.10 Å². The van der Waals surface area contributed by atoms with E-state index in [1.54, 1.807) is 35.4 Å². The molecule has 1 unspecified atom stereocenters. The zero-order valence-electron chi connectivity index (χ0n) is 11.7. The van der Waals surface area contributed by atoms with E-state index in [9.17, 15) is 9.90 Å². The topological polar surface area (TPSA) is 47.2 Å². The second-order valence-electron chi connectivity index (χ2n) is 5.08. The van der Waals surface area contributed by atoms with Gasteiger partial charge in [0, 0.05) is 24.7 Å². The minimum absolute atomic E-state index is 0.118. The van der Waals surface area contributed by atoms with Crippen LogP contribution < -0.4 is 5.69 Å². The van der Waals surface area contributed by atoms with Crippen molar-refractivity contribution >= 4 is 22.6 Å². The van der Waals surface area contributed by atoms with Gasteiger partial charge in [0.1, 0.15) is 6.10 Å². The first-order chi connectivity index (χ1) is 10.0. The molecule has 1 aromatic heterocycles. The van der Waals surface area contributed by atoms with E-state index in [2.05, 4.69) is 0 Å². The Kier molecular flexibility index (Phi) is 3.35. The van der Waals surface area contributed by atoms with Gasteiger partial charge in [-0.1, -0.05) is 41.9 Å². The van der Waals surface area contributed by atoms with Gasteiger partial charge in [-0.3, -0.25) is 9.13 Å². The van der Waals surface area contributed by atoms with Crippen LogP contribution in [0, 0.1) is 0 Å². The Bertz CT molecular complexity index is 865. The van der Waals surface area contributed by atoms with Gasteiger partial charge in [-0.2, -0.15) is 0 Å². The molecule has 1 N–H and O–H groups in total. The van der Waals surface area contributed by atoms with Gasteiger partial charge in [-0.25, -0.2) is 4.79 Å². The Morgan fingerprint density at radius 2 is 1.62 bits per heavy atom. The average molecular weight is 303 g/mol. The Morgan fingerprint density at radius 3 is 2.24 bits per heavy atom. The summed E-state index contributed by atoms with van der Waals surface area (Å²) < 4.78 is 3.09. The number of rotatable bonds is 2. The second-order valence-corrected chi connectivity index (χ2v) is 5.48. The number of aryl methyl sites for hydroxylation is 2. The molecule has 0 spiro atoms. The predicted octanol–water partition coefficient (Wildman–Crippen LogP) is 2.61. The van der Waals surface area contributed by atoms with Crippen molar-refractivity contribution in [2.24, 2.45) is 14.1 Å². The van der Waals surface area contributed by atoms with Crippen LogP contribution in [0.1, 0.15) is 17.2 Å². The minimum atomic E-state index is -0.821. The summed E-state index contributed by atoms with van der Waals surface area (Å²) in [5.41, 5.74) is 2.73. The molecule has 0 amide bonds. The number of imidazole rings is 1. The highest BCUT2D eigenvalue weighted by Crippen LogP contribution is 2.31. The summed E-state index contributed by atoms with van der Waals surface area (Å²) in [6, 6.07) is 12.8. The van der Waals surface area contributed by atoms with Gasteiger partial charge in [0.15, 0.2) is 0 Å². The SMILES string of the molecule is Cn1c(=O)n(C)c2cc(C(O)c3ccccc3)c(Cl)cc21. The quantitative estimate of drug-likeness (QED) is 0.791. The molecule has 0 saturated heterocycles. The Balaban J connectivity index is 2.22. The zero-order valence-corrected chi connectivity index (χ0v) is 12.5. The van der Waals surface area contributed by atoms with Gasteiger partial charge in [0.2, 0.25) is 0 Å². The highest BCUT2D eigenvalue weighted by molar-refractivity contribution is 6.32. The number of benzene rings is 2. The number of nitrogens with zero attached hydrogens (tertiary/aromatic N) is 2. The predicted molar refractivity (Wildman–Crippen MR) is 83.7 cm³/mol. The standard InChI is InChI=1S/C16H15ClN2O2/c1-18-13-8-11(15(20)10-6-4-3-5-7-10)12(17)9-14(13)19(2)16(18)21/h3-9,15,20H,1-2H3. The summed E-state index contributed by atoms with van der Waals surface area (Å²) in [5.74, 6) is 0. The van der Waals surface area contributed by atoms with Gasteiger partial charge < -0.3 is 5.11 Å². The first-order valence-electron chi connectivity index (χ1n) is 6.58. The Morgan fingerprint density at radius 1 is 1.05 bits per heavy atom. The lowest BCUT2D eigenvalue weighted by atomic mass is 10.0. The normalized spacial score (nSPS) is 12.8. The van der Waals surface area contributed by atoms with Crippen LogP contribution in [-0.2, 0) is 14.1 Å². The largest absolute Gasteiger partial charge is 0.384 e. The molecule has 0 radical (unpaired) electrons. The van der Waals surface area contributed by atoms with E-state index in [0.717, 1.165) is 16.6 Å². The molecular weight excluding hydrogens is 288 g/mol. The number of hydrogen-bond acceptors (Lipinski definition) is 2. The molecule has 0 aliphatic heterocycles. The first kappa shape index (κ1) is 13.9. The maximum Gasteiger partial charge on any atom is 0.328 e. The van der Waals surface area contributed by atoms with Crippen LogP contribution in [0.25, 0.3) is 11.0 Å². The number of hydrogen-bond donors (Lipinski definition) is 1. The third kappa shape index (κ3) is 2.17. The van der Waals surface area contributed by atoms with Gasteiger partial charge in [-0.05, 0) is 17.7 Å². The van der Waals surface area contributed by atoms with E-state index < -0.39 is 6.10 Å². The number of aromatic nitrogens is 2. The van der Waals surface area contributed by atoms with Crippen LogP contribution in [0.15, 0.2) is 47.3 Å². The van der Waals surface area contributed by atoms with Crippen LogP contribution in [0.2, 0.25) is 5.02 Å². The summed E-state index contributed by atoms with van der Waals surface area (Å²) >= 11 is 6.30. The van der Waals surface area contributed by atoms with Crippen LogP contribution in [0.5, 0.6) is 0 Å². The summed E-state index contributed by atoms with van der Waals surface area (Å²) in [7, 11) is 3.41. The lowest BCUT2D eigenvalue weighted by Crippen LogP contribution is -2.19. The molecule has 0 bridgehead atoms. The van der Waals surface area contributed by atoms with Crippen LogP contribution >= 0.6 is 11.6 Å². The third-order valence-corrected chi connectivity index (χ3v) is 4.13. The Labute approximate surface area is 126 Å². The lowest BCUT2D eigenvalue weighted by molar-refractivity contribution is 0.220. The van der Waals surface area contributed by atoms with Crippen molar-refractivity contribution in [2.75, 3.05) is 0 Å². The fourth-order valence-corrected chi connectivity index (χ4v) is 2.82. The lowest BCUT2D eigenvalue weighted by Gasteiger charge is -2.13. The van der Waals surface area contributed by atoms with Crippen molar-refractivity contribution in [1.82, 2.24) is 9.13 Å². The smallest absolute Gasteiger partial charge is 0.328 e. The molecule has 5 heteroatoms. The van der Waals surface area contributed by atoms with Gasteiger partial charge in [-0.15, -0.1) is 0 Å². The number of aliphatic hydroxyl groups is 1. The zero-order chi connectivity index (χ0) is 15.1. The molecule has 0 aliphatic carbocycles. The maximum atomic E-state index is 12.0. The van der Waals surface area contributed by atoms with E-state index in [-0.39, 0.29) is 5.69 Å².